The molecule has 110 valence electrons. The van der Waals surface area contributed by atoms with Crippen LogP contribution in [0.2, 0.25) is 0 Å². The quantitative estimate of drug-likeness (QED) is 0.902. The van der Waals surface area contributed by atoms with Crippen LogP contribution in [0.5, 0.6) is 0 Å². The van der Waals surface area contributed by atoms with E-state index in [1.54, 1.807) is 13.0 Å². The van der Waals surface area contributed by atoms with Gasteiger partial charge in [-0.2, -0.15) is 0 Å². The molecule has 1 aromatic carbocycles. The number of carbonyl (C=O) groups excluding carboxylic acids is 1. The molecular weight excluding hydrogens is 286 g/mol. The Labute approximate surface area is 127 Å². The van der Waals surface area contributed by atoms with Crippen molar-refractivity contribution in [1.29, 1.82) is 0 Å². The van der Waals surface area contributed by atoms with Gasteiger partial charge in [-0.25, -0.2) is 4.79 Å². The summed E-state index contributed by atoms with van der Waals surface area (Å²) in [5.74, 6) is -1.30. The highest BCUT2D eigenvalue weighted by Crippen LogP contribution is 2.32. The topological polar surface area (TPSA) is 66.4 Å². The van der Waals surface area contributed by atoms with Crippen LogP contribution in [0.3, 0.4) is 0 Å². The van der Waals surface area contributed by atoms with Gasteiger partial charge < -0.3 is 10.4 Å². The van der Waals surface area contributed by atoms with Crippen molar-refractivity contribution in [1.82, 2.24) is 0 Å². The number of carbonyl (C=O) groups is 2. The SMILES string of the molecule is Cc1ccc(C(=O)Nc2sc(C)c(C)c2C(=O)O)c(C)c1. The second-order valence-corrected chi connectivity index (χ2v) is 6.29. The maximum atomic E-state index is 12.3. The van der Waals surface area contributed by atoms with Crippen LogP contribution in [0, 0.1) is 27.7 Å². The van der Waals surface area contributed by atoms with E-state index in [2.05, 4.69) is 5.32 Å². The number of anilines is 1. The summed E-state index contributed by atoms with van der Waals surface area (Å²) in [6.07, 6.45) is 0. The van der Waals surface area contributed by atoms with Gasteiger partial charge in [0.2, 0.25) is 0 Å². The zero-order chi connectivity index (χ0) is 15.7. The van der Waals surface area contributed by atoms with E-state index < -0.39 is 5.97 Å². The fourth-order valence-corrected chi connectivity index (χ4v) is 3.26. The third-order valence-electron chi connectivity index (χ3n) is 3.45. The highest BCUT2D eigenvalue weighted by molar-refractivity contribution is 7.16. The molecule has 0 unspecified atom stereocenters. The minimum Gasteiger partial charge on any atom is -0.478 e. The maximum absolute atomic E-state index is 12.3. The number of carboxylic acids is 1. The first-order valence-corrected chi connectivity index (χ1v) is 7.34. The van der Waals surface area contributed by atoms with E-state index in [-0.39, 0.29) is 11.5 Å². The Balaban J connectivity index is 2.36. The first-order chi connectivity index (χ1) is 9.81. The Bertz CT molecular complexity index is 731. The van der Waals surface area contributed by atoms with Crippen LogP contribution in [0.15, 0.2) is 18.2 Å². The molecule has 0 aliphatic carbocycles. The van der Waals surface area contributed by atoms with Crippen molar-refractivity contribution in [3.8, 4) is 0 Å². The number of rotatable bonds is 3. The molecule has 1 amide bonds. The molecule has 4 nitrogen and oxygen atoms in total. The van der Waals surface area contributed by atoms with E-state index in [9.17, 15) is 14.7 Å². The van der Waals surface area contributed by atoms with E-state index in [1.165, 1.54) is 11.3 Å². The minimum atomic E-state index is -1.02. The summed E-state index contributed by atoms with van der Waals surface area (Å²) in [6.45, 7) is 7.43. The van der Waals surface area contributed by atoms with Crippen molar-refractivity contribution in [2.24, 2.45) is 0 Å². The van der Waals surface area contributed by atoms with Crippen molar-refractivity contribution < 1.29 is 14.7 Å². The number of amides is 1. The van der Waals surface area contributed by atoms with Crippen LogP contribution >= 0.6 is 11.3 Å². The zero-order valence-corrected chi connectivity index (χ0v) is 13.2. The van der Waals surface area contributed by atoms with Gasteiger partial charge in [-0.1, -0.05) is 17.7 Å². The molecule has 0 radical (unpaired) electrons. The number of thiophene rings is 1. The van der Waals surface area contributed by atoms with Gasteiger partial charge in [-0.3, -0.25) is 4.79 Å². The predicted molar refractivity (Wildman–Crippen MR) is 84.6 cm³/mol. The summed E-state index contributed by atoms with van der Waals surface area (Å²) in [7, 11) is 0. The number of hydrogen-bond acceptors (Lipinski definition) is 3. The van der Waals surface area contributed by atoms with Gasteiger partial charge in [0.25, 0.3) is 5.91 Å². The van der Waals surface area contributed by atoms with Gasteiger partial charge in [0.15, 0.2) is 0 Å². The van der Waals surface area contributed by atoms with Crippen LogP contribution in [0.4, 0.5) is 5.00 Å². The Morgan fingerprint density at radius 1 is 1.14 bits per heavy atom. The highest BCUT2D eigenvalue weighted by Gasteiger charge is 2.21. The lowest BCUT2D eigenvalue weighted by Gasteiger charge is -2.08. The number of carboxylic acid groups (broad SMARTS) is 1. The molecule has 0 saturated carbocycles. The van der Waals surface area contributed by atoms with Crippen molar-refractivity contribution in [2.75, 3.05) is 5.32 Å². The Morgan fingerprint density at radius 3 is 2.38 bits per heavy atom. The molecule has 2 aromatic rings. The van der Waals surface area contributed by atoms with Gasteiger partial charge in [-0.05, 0) is 44.9 Å². The lowest BCUT2D eigenvalue weighted by atomic mass is 10.1. The average molecular weight is 303 g/mol. The monoisotopic (exact) mass is 303 g/mol. The van der Waals surface area contributed by atoms with E-state index in [0.717, 1.165) is 16.0 Å². The number of benzene rings is 1. The van der Waals surface area contributed by atoms with Crippen LogP contribution in [0.1, 0.15) is 42.3 Å². The van der Waals surface area contributed by atoms with Crippen molar-refractivity contribution >= 4 is 28.2 Å². The van der Waals surface area contributed by atoms with Gasteiger partial charge in [0.1, 0.15) is 5.00 Å². The fourth-order valence-electron chi connectivity index (χ4n) is 2.21. The largest absolute Gasteiger partial charge is 0.478 e. The summed E-state index contributed by atoms with van der Waals surface area (Å²) >= 11 is 1.29. The normalized spacial score (nSPS) is 10.5. The standard InChI is InChI=1S/C16H17NO3S/c1-8-5-6-12(9(2)7-8)14(18)17-15-13(16(19)20)10(3)11(4)21-15/h5-7H,1-4H3,(H,17,18)(H,19,20). The fraction of sp³-hybridized carbons (Fsp3) is 0.250. The molecule has 2 N–H and O–H groups in total. The molecule has 0 bridgehead atoms. The highest BCUT2D eigenvalue weighted by atomic mass is 32.1. The van der Waals surface area contributed by atoms with Crippen molar-refractivity contribution in [3.05, 3.63) is 50.9 Å². The summed E-state index contributed by atoms with van der Waals surface area (Å²) in [5.41, 5.74) is 3.38. The molecule has 1 heterocycles. The average Bonchev–Trinajstić information content (AvgIpc) is 2.64. The Hall–Kier alpha value is -2.14. The molecule has 21 heavy (non-hydrogen) atoms. The molecule has 2 rings (SSSR count). The molecule has 0 aliphatic heterocycles. The molecule has 1 aromatic heterocycles. The van der Waals surface area contributed by atoms with E-state index >= 15 is 0 Å². The molecular formula is C16H17NO3S. The van der Waals surface area contributed by atoms with Gasteiger partial charge in [0, 0.05) is 10.4 Å². The van der Waals surface area contributed by atoms with Crippen molar-refractivity contribution in [2.45, 2.75) is 27.7 Å². The first kappa shape index (κ1) is 15.3. The third-order valence-corrected chi connectivity index (χ3v) is 4.58. The van der Waals surface area contributed by atoms with Gasteiger partial charge in [-0.15, -0.1) is 11.3 Å². The Kier molecular flexibility index (Phi) is 4.14. The van der Waals surface area contributed by atoms with Crippen LogP contribution < -0.4 is 5.32 Å². The summed E-state index contributed by atoms with van der Waals surface area (Å²) in [6, 6.07) is 5.55. The van der Waals surface area contributed by atoms with E-state index in [4.69, 9.17) is 0 Å². The molecule has 0 spiro atoms. The summed E-state index contributed by atoms with van der Waals surface area (Å²) in [4.78, 5) is 24.6. The molecule has 0 fully saturated rings. The Morgan fingerprint density at radius 2 is 1.81 bits per heavy atom. The number of nitrogens with one attached hydrogen (secondary N) is 1. The first-order valence-electron chi connectivity index (χ1n) is 6.53. The second-order valence-electron chi connectivity index (χ2n) is 5.07. The molecule has 0 saturated heterocycles. The van der Waals surface area contributed by atoms with Crippen LogP contribution in [0.25, 0.3) is 0 Å². The van der Waals surface area contributed by atoms with Crippen LogP contribution in [-0.4, -0.2) is 17.0 Å². The lowest BCUT2D eigenvalue weighted by Crippen LogP contribution is -2.14. The maximum Gasteiger partial charge on any atom is 0.338 e. The van der Waals surface area contributed by atoms with Gasteiger partial charge in [0.05, 0.1) is 5.56 Å². The predicted octanol–water partition coefficient (Wildman–Crippen LogP) is 3.93. The van der Waals surface area contributed by atoms with Gasteiger partial charge >= 0.3 is 5.97 Å². The summed E-state index contributed by atoms with van der Waals surface area (Å²) < 4.78 is 0. The molecule has 5 heteroatoms. The van der Waals surface area contributed by atoms with E-state index in [1.807, 2.05) is 32.9 Å². The second kappa shape index (κ2) is 5.69. The summed E-state index contributed by atoms with van der Waals surface area (Å²) in [5, 5.41) is 12.4. The third kappa shape index (κ3) is 2.97. The van der Waals surface area contributed by atoms with E-state index in [0.29, 0.717) is 16.1 Å². The zero-order valence-electron chi connectivity index (χ0n) is 12.4. The number of hydrogen-bond donors (Lipinski definition) is 2. The number of aryl methyl sites for hydroxylation is 3. The minimum absolute atomic E-state index is 0.176. The number of aromatic carboxylic acids is 1. The molecule has 0 atom stereocenters. The molecule has 0 aliphatic rings. The lowest BCUT2D eigenvalue weighted by molar-refractivity contribution is 0.0697. The smallest absolute Gasteiger partial charge is 0.338 e. The van der Waals surface area contributed by atoms with Crippen LogP contribution in [-0.2, 0) is 0 Å². The van der Waals surface area contributed by atoms with Crippen molar-refractivity contribution in [3.63, 3.8) is 0 Å².